The molecule has 5 nitrogen and oxygen atoms in total. The van der Waals surface area contributed by atoms with Crippen LogP contribution in [0.15, 0.2) is 51.1 Å². The van der Waals surface area contributed by atoms with Gasteiger partial charge < -0.3 is 9.47 Å². The predicted molar refractivity (Wildman–Crippen MR) is 140 cm³/mol. The van der Waals surface area contributed by atoms with Gasteiger partial charge in [0.05, 0.1) is 21.5 Å². The Morgan fingerprint density at radius 1 is 1.03 bits per heavy atom. The van der Waals surface area contributed by atoms with Gasteiger partial charge in [-0.3, -0.25) is 4.79 Å². The molecule has 1 saturated heterocycles. The van der Waals surface area contributed by atoms with Crippen LogP contribution in [-0.4, -0.2) is 26.1 Å². The number of unbranched alkanes of at least 4 members (excludes halogenated alkanes) is 1. The van der Waals surface area contributed by atoms with Crippen molar-refractivity contribution in [1.29, 1.82) is 0 Å². The minimum atomic E-state index is -4.09. The molecule has 2 aromatic carbocycles. The number of aryl methyl sites for hydroxylation is 3. The number of benzene rings is 2. The minimum absolute atomic E-state index is 0.104. The number of rotatable bonds is 6. The number of hydrogen-bond donors (Lipinski definition) is 0. The molecule has 7 heteroatoms. The van der Waals surface area contributed by atoms with Gasteiger partial charge in [0.2, 0.25) is 15.3 Å². The molecule has 0 amide bonds. The summed E-state index contributed by atoms with van der Waals surface area (Å²) in [7, 11) is -4.09. The van der Waals surface area contributed by atoms with Crippen LogP contribution in [0.25, 0.3) is 10.9 Å². The van der Waals surface area contributed by atoms with Crippen LogP contribution in [0.3, 0.4) is 0 Å². The van der Waals surface area contributed by atoms with Crippen molar-refractivity contribution in [2.75, 3.05) is 18.0 Å². The zero-order valence-corrected chi connectivity index (χ0v) is 22.1. The third-order valence-electron chi connectivity index (χ3n) is 7.00. The second-order valence-electron chi connectivity index (χ2n) is 10.3. The minimum Gasteiger partial charge on any atom is -0.369 e. The number of piperidine rings is 1. The normalized spacial score (nSPS) is 18.9. The summed E-state index contributed by atoms with van der Waals surface area (Å²) in [6, 6.07) is 8.15. The zero-order chi connectivity index (χ0) is 25.5. The van der Waals surface area contributed by atoms with Crippen molar-refractivity contribution in [3.05, 3.63) is 63.7 Å². The largest absolute Gasteiger partial charge is 0.369 e. The number of aromatic nitrogens is 1. The lowest BCUT2D eigenvalue weighted by atomic mass is 9.91. The first-order valence-corrected chi connectivity index (χ1v) is 13.9. The van der Waals surface area contributed by atoms with Gasteiger partial charge >= 0.3 is 0 Å². The Bertz CT molecular complexity index is 1420. The fourth-order valence-electron chi connectivity index (χ4n) is 5.29. The van der Waals surface area contributed by atoms with Gasteiger partial charge in [0.25, 0.3) is 0 Å². The first-order valence-electron chi connectivity index (χ1n) is 12.5. The van der Waals surface area contributed by atoms with Crippen LogP contribution in [0.5, 0.6) is 0 Å². The van der Waals surface area contributed by atoms with Gasteiger partial charge in [-0.2, -0.15) is 0 Å². The standard InChI is InChI=1S/C28H35FN2O3S/c1-6-7-10-30-17-27(35(33,34)26-12-18(2)8-9-21(26)5)28(32)22-13-23(29)25(14-24(22)30)31-15-19(3)11-20(4)16-31/h8-9,12-14,17,19-20H,6-7,10-11,15-16H2,1-5H3/t19-,20-/m0/s1. The SMILES string of the molecule is CCCCn1cc(S(=O)(=O)c2cc(C)ccc2C)c(=O)c2cc(F)c(N3C[C@@H](C)C[C@H](C)C3)cc21. The van der Waals surface area contributed by atoms with Crippen molar-refractivity contribution in [1.82, 2.24) is 4.57 Å². The van der Waals surface area contributed by atoms with E-state index in [0.717, 1.165) is 37.9 Å². The lowest BCUT2D eigenvalue weighted by Gasteiger charge is -2.37. The Balaban J connectivity index is 1.94. The number of fused-ring (bicyclic) bond motifs is 1. The second-order valence-corrected chi connectivity index (χ2v) is 12.2. The van der Waals surface area contributed by atoms with Crippen molar-refractivity contribution in [2.24, 2.45) is 11.8 Å². The Kier molecular flexibility index (Phi) is 7.09. The van der Waals surface area contributed by atoms with Crippen molar-refractivity contribution in [3.8, 4) is 0 Å². The zero-order valence-electron chi connectivity index (χ0n) is 21.3. The Morgan fingerprint density at radius 3 is 2.37 bits per heavy atom. The van der Waals surface area contributed by atoms with Gasteiger partial charge in [-0.05, 0) is 67.9 Å². The molecule has 0 spiro atoms. The van der Waals surface area contributed by atoms with Crippen LogP contribution in [-0.2, 0) is 16.4 Å². The molecule has 1 aromatic heterocycles. The number of pyridine rings is 1. The van der Waals surface area contributed by atoms with Crippen LogP contribution in [0.2, 0.25) is 0 Å². The first-order chi connectivity index (χ1) is 16.5. The Labute approximate surface area is 207 Å². The monoisotopic (exact) mass is 498 g/mol. The molecule has 3 aromatic rings. The summed E-state index contributed by atoms with van der Waals surface area (Å²) in [5.41, 5.74) is 1.77. The maximum absolute atomic E-state index is 15.5. The van der Waals surface area contributed by atoms with E-state index >= 15 is 4.39 Å². The molecule has 1 aliphatic heterocycles. The highest BCUT2D eigenvalue weighted by atomic mass is 32.2. The van der Waals surface area contributed by atoms with E-state index in [2.05, 4.69) is 25.7 Å². The second kappa shape index (κ2) is 9.76. The summed E-state index contributed by atoms with van der Waals surface area (Å²) in [6.45, 7) is 12.0. The van der Waals surface area contributed by atoms with E-state index < -0.39 is 21.1 Å². The quantitative estimate of drug-likeness (QED) is 0.426. The van der Waals surface area contributed by atoms with Gasteiger partial charge in [0.1, 0.15) is 10.7 Å². The van der Waals surface area contributed by atoms with E-state index in [4.69, 9.17) is 0 Å². The third-order valence-corrected chi connectivity index (χ3v) is 8.89. The van der Waals surface area contributed by atoms with E-state index in [1.807, 2.05) is 17.6 Å². The fraction of sp³-hybridized carbons (Fsp3) is 0.464. The summed E-state index contributed by atoms with van der Waals surface area (Å²) in [6.07, 6.45) is 4.28. The van der Waals surface area contributed by atoms with E-state index in [9.17, 15) is 13.2 Å². The van der Waals surface area contributed by atoms with Crippen molar-refractivity contribution < 1.29 is 12.8 Å². The average Bonchev–Trinajstić information content (AvgIpc) is 2.79. The number of sulfone groups is 1. The van der Waals surface area contributed by atoms with E-state index in [1.54, 1.807) is 25.1 Å². The summed E-state index contributed by atoms with van der Waals surface area (Å²) in [5, 5.41) is 0.104. The molecule has 1 aliphatic rings. The molecule has 0 bridgehead atoms. The van der Waals surface area contributed by atoms with Crippen LogP contribution < -0.4 is 10.3 Å². The summed E-state index contributed by atoms with van der Waals surface area (Å²) in [5.74, 6) is 0.404. The average molecular weight is 499 g/mol. The number of hydrogen-bond acceptors (Lipinski definition) is 4. The lowest BCUT2D eigenvalue weighted by molar-refractivity contribution is 0.354. The topological polar surface area (TPSA) is 59.4 Å². The van der Waals surface area contributed by atoms with Crippen LogP contribution in [0.1, 0.15) is 51.2 Å². The maximum Gasteiger partial charge on any atom is 0.212 e. The van der Waals surface area contributed by atoms with E-state index in [1.165, 1.54) is 12.3 Å². The first kappa shape index (κ1) is 25.4. The molecule has 0 saturated carbocycles. The van der Waals surface area contributed by atoms with E-state index in [-0.39, 0.29) is 15.2 Å². The smallest absolute Gasteiger partial charge is 0.212 e. The molecule has 0 radical (unpaired) electrons. The maximum atomic E-state index is 15.5. The van der Waals surface area contributed by atoms with Crippen molar-refractivity contribution >= 4 is 26.4 Å². The van der Waals surface area contributed by atoms with Crippen LogP contribution >= 0.6 is 0 Å². The molecular weight excluding hydrogens is 463 g/mol. The molecule has 35 heavy (non-hydrogen) atoms. The number of nitrogens with zero attached hydrogens (tertiary/aromatic N) is 2. The molecule has 0 N–H and O–H groups in total. The molecule has 0 unspecified atom stereocenters. The third kappa shape index (κ3) is 4.88. The van der Waals surface area contributed by atoms with Crippen LogP contribution in [0, 0.1) is 31.5 Å². The molecule has 0 aliphatic carbocycles. The number of anilines is 1. The molecule has 1 fully saturated rings. The molecule has 188 valence electrons. The van der Waals surface area contributed by atoms with E-state index in [0.29, 0.717) is 35.1 Å². The Hall–Kier alpha value is -2.67. The summed E-state index contributed by atoms with van der Waals surface area (Å²) >= 11 is 0. The molecule has 2 heterocycles. The Morgan fingerprint density at radius 2 is 1.71 bits per heavy atom. The van der Waals surface area contributed by atoms with Gasteiger partial charge in [-0.1, -0.05) is 39.3 Å². The predicted octanol–water partition coefficient (Wildman–Crippen LogP) is 5.87. The lowest BCUT2D eigenvalue weighted by Crippen LogP contribution is -2.39. The molecule has 2 atom stereocenters. The number of halogens is 1. The molecular formula is C28H35FN2O3S. The van der Waals surface area contributed by atoms with Crippen molar-refractivity contribution in [2.45, 2.75) is 70.2 Å². The highest BCUT2D eigenvalue weighted by Crippen LogP contribution is 2.32. The van der Waals surface area contributed by atoms with Gasteiger partial charge in [-0.15, -0.1) is 0 Å². The van der Waals surface area contributed by atoms with Crippen LogP contribution in [0.4, 0.5) is 10.1 Å². The van der Waals surface area contributed by atoms with Gasteiger partial charge in [-0.25, -0.2) is 12.8 Å². The highest BCUT2D eigenvalue weighted by Gasteiger charge is 2.28. The van der Waals surface area contributed by atoms with Gasteiger partial charge in [0.15, 0.2) is 0 Å². The molecule has 4 rings (SSSR count). The van der Waals surface area contributed by atoms with Gasteiger partial charge in [0, 0.05) is 25.8 Å². The highest BCUT2D eigenvalue weighted by molar-refractivity contribution is 7.91. The fourth-order valence-corrected chi connectivity index (χ4v) is 6.98. The summed E-state index contributed by atoms with van der Waals surface area (Å²) < 4.78 is 44.6. The summed E-state index contributed by atoms with van der Waals surface area (Å²) in [4.78, 5) is 15.4. The van der Waals surface area contributed by atoms with Crippen molar-refractivity contribution in [3.63, 3.8) is 0 Å².